The largest absolute Gasteiger partial charge is 0.392 e. The molecule has 3 aromatic rings. The SMILES string of the molecule is C[C@H](O)C1(c2onc(-c3ccccc3)c2-c2ccccc2)CC1. The molecule has 0 amide bonds. The van der Waals surface area contributed by atoms with Crippen molar-refractivity contribution in [2.24, 2.45) is 0 Å². The minimum absolute atomic E-state index is 0.287. The van der Waals surface area contributed by atoms with Gasteiger partial charge in [0, 0.05) is 5.56 Å². The van der Waals surface area contributed by atoms with E-state index in [2.05, 4.69) is 17.3 Å². The number of benzene rings is 2. The van der Waals surface area contributed by atoms with Crippen LogP contribution in [0.25, 0.3) is 22.4 Å². The van der Waals surface area contributed by atoms with Crippen molar-refractivity contribution in [3.63, 3.8) is 0 Å². The van der Waals surface area contributed by atoms with Crippen LogP contribution in [0.5, 0.6) is 0 Å². The lowest BCUT2D eigenvalue weighted by Crippen LogP contribution is -2.22. The number of aromatic nitrogens is 1. The van der Waals surface area contributed by atoms with E-state index < -0.39 is 6.10 Å². The summed E-state index contributed by atoms with van der Waals surface area (Å²) in [6, 6.07) is 20.2. The molecule has 1 atom stereocenters. The van der Waals surface area contributed by atoms with Crippen molar-refractivity contribution in [2.45, 2.75) is 31.3 Å². The average Bonchev–Trinajstić information content (AvgIpc) is 3.29. The molecular formula is C20H19NO2. The molecule has 23 heavy (non-hydrogen) atoms. The molecule has 0 saturated heterocycles. The normalized spacial score (nSPS) is 17.0. The lowest BCUT2D eigenvalue weighted by Gasteiger charge is -2.17. The average molecular weight is 305 g/mol. The van der Waals surface area contributed by atoms with Crippen LogP contribution in [0.1, 0.15) is 25.5 Å². The lowest BCUT2D eigenvalue weighted by atomic mass is 9.89. The molecule has 1 N–H and O–H groups in total. The van der Waals surface area contributed by atoms with Crippen LogP contribution in [-0.4, -0.2) is 16.4 Å². The second-order valence-electron chi connectivity index (χ2n) is 6.30. The first-order chi connectivity index (χ1) is 11.2. The molecule has 1 heterocycles. The van der Waals surface area contributed by atoms with Crippen LogP contribution in [0, 0.1) is 0 Å². The molecule has 1 saturated carbocycles. The third-order valence-corrected chi connectivity index (χ3v) is 4.84. The summed E-state index contributed by atoms with van der Waals surface area (Å²) in [7, 11) is 0. The van der Waals surface area contributed by atoms with E-state index in [9.17, 15) is 5.11 Å². The van der Waals surface area contributed by atoms with Crippen molar-refractivity contribution in [3.05, 3.63) is 66.4 Å². The van der Waals surface area contributed by atoms with Gasteiger partial charge >= 0.3 is 0 Å². The zero-order valence-electron chi connectivity index (χ0n) is 13.1. The molecule has 0 unspecified atom stereocenters. The van der Waals surface area contributed by atoms with Crippen molar-refractivity contribution < 1.29 is 9.63 Å². The molecule has 116 valence electrons. The van der Waals surface area contributed by atoms with Gasteiger partial charge in [-0.25, -0.2) is 0 Å². The van der Waals surface area contributed by atoms with E-state index in [1.54, 1.807) is 0 Å². The fourth-order valence-corrected chi connectivity index (χ4v) is 3.26. The maximum atomic E-state index is 10.3. The van der Waals surface area contributed by atoms with E-state index in [4.69, 9.17) is 4.52 Å². The van der Waals surface area contributed by atoms with Gasteiger partial charge < -0.3 is 9.63 Å². The Hall–Kier alpha value is -2.39. The standard InChI is InChI=1S/C20H19NO2/c1-14(22)20(12-13-20)19-17(15-8-4-2-5-9-15)18(21-23-19)16-10-6-3-7-11-16/h2-11,14,22H,12-13H2,1H3/t14-/m0/s1. The fraction of sp³-hybridized carbons (Fsp3) is 0.250. The van der Waals surface area contributed by atoms with E-state index in [1.165, 1.54) is 0 Å². The second-order valence-corrected chi connectivity index (χ2v) is 6.30. The van der Waals surface area contributed by atoms with Gasteiger partial charge in [-0.05, 0) is 25.3 Å². The van der Waals surface area contributed by atoms with Crippen LogP contribution in [0.3, 0.4) is 0 Å². The van der Waals surface area contributed by atoms with Crippen LogP contribution in [-0.2, 0) is 5.41 Å². The van der Waals surface area contributed by atoms with Crippen molar-refractivity contribution in [3.8, 4) is 22.4 Å². The Morgan fingerprint density at radius 1 is 0.957 bits per heavy atom. The molecule has 1 fully saturated rings. The Balaban J connectivity index is 1.94. The van der Waals surface area contributed by atoms with E-state index >= 15 is 0 Å². The van der Waals surface area contributed by atoms with Crippen LogP contribution >= 0.6 is 0 Å². The number of aliphatic hydroxyl groups is 1. The Kier molecular flexibility index (Phi) is 3.31. The number of aliphatic hydroxyl groups excluding tert-OH is 1. The summed E-state index contributed by atoms with van der Waals surface area (Å²) in [6.07, 6.45) is 1.43. The molecule has 1 aliphatic rings. The van der Waals surface area contributed by atoms with Crippen molar-refractivity contribution in [1.29, 1.82) is 0 Å². The van der Waals surface area contributed by atoms with Crippen LogP contribution in [0.4, 0.5) is 0 Å². The van der Waals surface area contributed by atoms with Gasteiger partial charge in [0.2, 0.25) is 0 Å². The Labute approximate surface area is 135 Å². The molecule has 4 rings (SSSR count). The van der Waals surface area contributed by atoms with Crippen molar-refractivity contribution in [2.75, 3.05) is 0 Å². The molecule has 0 bridgehead atoms. The molecule has 1 aromatic heterocycles. The Bertz CT molecular complexity index is 802. The van der Waals surface area contributed by atoms with Crippen LogP contribution < -0.4 is 0 Å². The first-order valence-corrected chi connectivity index (χ1v) is 8.01. The number of nitrogens with zero attached hydrogens (tertiary/aromatic N) is 1. The minimum atomic E-state index is -0.443. The highest BCUT2D eigenvalue weighted by Gasteiger charge is 2.53. The number of hydrogen-bond donors (Lipinski definition) is 1. The van der Waals surface area contributed by atoms with E-state index in [0.29, 0.717) is 0 Å². The monoisotopic (exact) mass is 305 g/mol. The summed E-state index contributed by atoms with van der Waals surface area (Å²) in [5.74, 6) is 0.817. The summed E-state index contributed by atoms with van der Waals surface area (Å²) >= 11 is 0. The predicted octanol–water partition coefficient (Wildman–Crippen LogP) is 4.42. The van der Waals surface area contributed by atoms with E-state index in [-0.39, 0.29) is 5.41 Å². The van der Waals surface area contributed by atoms with E-state index in [0.717, 1.165) is 41.0 Å². The molecule has 3 heteroatoms. The molecule has 0 spiro atoms. The first kappa shape index (κ1) is 14.2. The smallest absolute Gasteiger partial charge is 0.153 e. The molecule has 0 radical (unpaired) electrons. The molecule has 2 aromatic carbocycles. The van der Waals surface area contributed by atoms with Crippen molar-refractivity contribution in [1.82, 2.24) is 5.16 Å². The summed E-state index contributed by atoms with van der Waals surface area (Å²) in [5, 5.41) is 14.6. The van der Waals surface area contributed by atoms with Crippen LogP contribution in [0.2, 0.25) is 0 Å². The van der Waals surface area contributed by atoms with E-state index in [1.807, 2.05) is 55.5 Å². The maximum Gasteiger partial charge on any atom is 0.153 e. The third kappa shape index (κ3) is 2.28. The number of rotatable bonds is 4. The van der Waals surface area contributed by atoms with Gasteiger partial charge in [-0.3, -0.25) is 0 Å². The van der Waals surface area contributed by atoms with Gasteiger partial charge in [0.25, 0.3) is 0 Å². The quantitative estimate of drug-likeness (QED) is 0.776. The van der Waals surface area contributed by atoms with Gasteiger partial charge in [-0.15, -0.1) is 0 Å². The Morgan fingerprint density at radius 3 is 2.04 bits per heavy atom. The summed E-state index contributed by atoms with van der Waals surface area (Å²) < 4.78 is 5.78. The van der Waals surface area contributed by atoms with Gasteiger partial charge in [0.1, 0.15) is 5.69 Å². The summed E-state index contributed by atoms with van der Waals surface area (Å²) in [6.45, 7) is 1.84. The summed E-state index contributed by atoms with van der Waals surface area (Å²) in [5.41, 5.74) is 3.68. The minimum Gasteiger partial charge on any atom is -0.392 e. The zero-order chi connectivity index (χ0) is 15.9. The molecule has 3 nitrogen and oxygen atoms in total. The second kappa shape index (κ2) is 5.36. The fourth-order valence-electron chi connectivity index (χ4n) is 3.26. The van der Waals surface area contributed by atoms with Gasteiger partial charge in [0.05, 0.1) is 17.1 Å². The maximum absolute atomic E-state index is 10.3. The molecular weight excluding hydrogens is 286 g/mol. The predicted molar refractivity (Wildman–Crippen MR) is 90.0 cm³/mol. The lowest BCUT2D eigenvalue weighted by molar-refractivity contribution is 0.134. The summed E-state index contributed by atoms with van der Waals surface area (Å²) in [4.78, 5) is 0. The van der Waals surface area contributed by atoms with Crippen molar-refractivity contribution >= 4 is 0 Å². The first-order valence-electron chi connectivity index (χ1n) is 8.01. The molecule has 0 aliphatic heterocycles. The van der Waals surface area contributed by atoms with Gasteiger partial charge in [-0.1, -0.05) is 65.8 Å². The third-order valence-electron chi connectivity index (χ3n) is 4.84. The number of hydrogen-bond acceptors (Lipinski definition) is 3. The topological polar surface area (TPSA) is 46.3 Å². The highest BCUT2D eigenvalue weighted by atomic mass is 16.5. The highest BCUT2D eigenvalue weighted by Crippen LogP contribution is 2.55. The zero-order valence-corrected chi connectivity index (χ0v) is 13.1. The van der Waals surface area contributed by atoms with Gasteiger partial charge in [-0.2, -0.15) is 0 Å². The highest BCUT2D eigenvalue weighted by molar-refractivity contribution is 5.83. The van der Waals surface area contributed by atoms with Gasteiger partial charge in [0.15, 0.2) is 5.76 Å². The van der Waals surface area contributed by atoms with Crippen LogP contribution in [0.15, 0.2) is 65.2 Å². The Morgan fingerprint density at radius 2 is 1.52 bits per heavy atom. The molecule has 1 aliphatic carbocycles.